The zero-order chi connectivity index (χ0) is 31.5. The molecule has 3 aromatic rings. The zero-order valence-corrected chi connectivity index (χ0v) is 25.7. The first kappa shape index (κ1) is 31.3. The van der Waals surface area contributed by atoms with E-state index in [0.29, 0.717) is 28.3 Å². The predicted molar refractivity (Wildman–Crippen MR) is 160 cm³/mol. The minimum Gasteiger partial charge on any atom is -0.454 e. The zero-order valence-electron chi connectivity index (χ0n) is 24.1. The summed E-state index contributed by atoms with van der Waals surface area (Å²) >= 11 is 0. The number of carbonyl (C=O) groups excluding carboxylic acids is 2. The van der Waals surface area contributed by atoms with Crippen LogP contribution in [0.5, 0.6) is 11.5 Å². The first-order valence-corrected chi connectivity index (χ1v) is 16.6. The number of aryl methyl sites for hydroxylation is 1. The molecule has 5 rings (SSSR count). The number of nitrogens with one attached hydrogen (secondary N) is 2. The second-order valence-corrected chi connectivity index (χ2v) is 13.8. The van der Waals surface area contributed by atoms with Crippen LogP contribution < -0.4 is 24.4 Å². The summed E-state index contributed by atoms with van der Waals surface area (Å²) in [6.07, 6.45) is -0.141. The van der Waals surface area contributed by atoms with Gasteiger partial charge in [-0.25, -0.2) is 26.4 Å². The fourth-order valence-corrected chi connectivity index (χ4v) is 7.52. The number of carbonyl (C=O) groups is 2. The van der Waals surface area contributed by atoms with E-state index >= 15 is 0 Å². The van der Waals surface area contributed by atoms with E-state index in [0.717, 1.165) is 0 Å². The molecule has 0 bridgehead atoms. The van der Waals surface area contributed by atoms with Crippen molar-refractivity contribution >= 4 is 37.7 Å². The minimum atomic E-state index is -4.26. The van der Waals surface area contributed by atoms with E-state index in [9.17, 15) is 26.4 Å². The van der Waals surface area contributed by atoms with Crippen molar-refractivity contribution < 1.29 is 40.6 Å². The van der Waals surface area contributed by atoms with E-state index in [1.165, 1.54) is 40.5 Å². The molecule has 0 aliphatic carbocycles. The molecular weight excluding hydrogens is 612 g/mol. The van der Waals surface area contributed by atoms with E-state index in [1.54, 1.807) is 49.4 Å². The molecule has 2 heterocycles. The van der Waals surface area contributed by atoms with Gasteiger partial charge >= 0.3 is 6.03 Å². The van der Waals surface area contributed by atoms with Gasteiger partial charge in [0.05, 0.1) is 23.0 Å². The highest BCUT2D eigenvalue weighted by Crippen LogP contribution is 2.35. The van der Waals surface area contributed by atoms with Crippen molar-refractivity contribution in [1.29, 1.82) is 0 Å². The summed E-state index contributed by atoms with van der Waals surface area (Å²) in [5, 5.41) is 2.48. The summed E-state index contributed by atoms with van der Waals surface area (Å²) < 4.78 is 71.8. The predicted octanol–water partition coefficient (Wildman–Crippen LogP) is 2.01. The molecule has 0 spiro atoms. The number of sulfonamides is 2. The summed E-state index contributed by atoms with van der Waals surface area (Å²) in [7, 11) is -6.60. The van der Waals surface area contributed by atoms with Gasteiger partial charge in [0.2, 0.25) is 22.7 Å². The van der Waals surface area contributed by atoms with E-state index < -0.39 is 38.0 Å². The molecule has 0 unspecified atom stereocenters. The molecule has 1 atom stereocenters. The molecule has 13 nitrogen and oxygen atoms in total. The smallest absolute Gasteiger partial charge is 0.329 e. The lowest BCUT2D eigenvalue weighted by molar-refractivity contribution is -0.120. The Labute approximate surface area is 255 Å². The fraction of sp³-hybridized carbons (Fsp3) is 0.310. The Kier molecular flexibility index (Phi) is 9.10. The Morgan fingerprint density at radius 2 is 1.66 bits per heavy atom. The van der Waals surface area contributed by atoms with Gasteiger partial charge in [-0.3, -0.25) is 4.79 Å². The number of urea groups is 1. The Balaban J connectivity index is 1.41. The molecular formula is C29H32N4O9S2. The van der Waals surface area contributed by atoms with Crippen LogP contribution in [0.1, 0.15) is 11.1 Å². The molecule has 1 saturated heterocycles. The number of morpholine rings is 1. The van der Waals surface area contributed by atoms with Gasteiger partial charge in [-0.15, -0.1) is 0 Å². The van der Waals surface area contributed by atoms with Crippen LogP contribution in [-0.4, -0.2) is 79.3 Å². The third-order valence-corrected chi connectivity index (χ3v) is 10.6. The van der Waals surface area contributed by atoms with Crippen LogP contribution in [0.25, 0.3) is 0 Å². The summed E-state index contributed by atoms with van der Waals surface area (Å²) in [4.78, 5) is 28.1. The maximum Gasteiger partial charge on any atom is 0.329 e. The van der Waals surface area contributed by atoms with Crippen molar-refractivity contribution in [3.63, 3.8) is 0 Å². The topological polar surface area (TPSA) is 161 Å². The van der Waals surface area contributed by atoms with Crippen molar-refractivity contribution in [3.05, 3.63) is 77.9 Å². The maximum atomic E-state index is 13.8. The Morgan fingerprint density at radius 1 is 0.932 bits per heavy atom. The minimum absolute atomic E-state index is 0.0267. The van der Waals surface area contributed by atoms with Crippen molar-refractivity contribution in [2.45, 2.75) is 29.2 Å². The van der Waals surface area contributed by atoms with Crippen molar-refractivity contribution in [3.8, 4) is 11.5 Å². The van der Waals surface area contributed by atoms with E-state index in [4.69, 9.17) is 14.2 Å². The first-order chi connectivity index (χ1) is 21.0. The van der Waals surface area contributed by atoms with Gasteiger partial charge in [-0.1, -0.05) is 30.3 Å². The number of fused-ring (bicyclic) bond motifs is 1. The third kappa shape index (κ3) is 6.80. The molecule has 0 radical (unpaired) electrons. The van der Waals surface area contributed by atoms with Gasteiger partial charge < -0.3 is 24.4 Å². The highest BCUT2D eigenvalue weighted by Gasteiger charge is 2.30. The number of anilines is 1. The van der Waals surface area contributed by atoms with Crippen LogP contribution in [0.15, 0.2) is 76.5 Å². The van der Waals surface area contributed by atoms with Crippen LogP contribution >= 0.6 is 0 Å². The average molecular weight is 645 g/mol. The summed E-state index contributed by atoms with van der Waals surface area (Å²) in [5.74, 6) is 0.367. The molecule has 2 N–H and O–H groups in total. The van der Waals surface area contributed by atoms with Gasteiger partial charge in [0, 0.05) is 38.3 Å². The van der Waals surface area contributed by atoms with Crippen LogP contribution in [0.4, 0.5) is 10.5 Å². The maximum absolute atomic E-state index is 13.8. The van der Waals surface area contributed by atoms with Crippen LogP contribution in [-0.2, 0) is 36.0 Å². The summed E-state index contributed by atoms with van der Waals surface area (Å²) in [6.45, 7) is 2.63. The molecule has 234 valence electrons. The van der Waals surface area contributed by atoms with Crippen molar-refractivity contribution in [2.24, 2.45) is 0 Å². The number of hydrogen-bond acceptors (Lipinski definition) is 9. The lowest BCUT2D eigenvalue weighted by atomic mass is 10.0. The Hall–Kier alpha value is -4.18. The monoisotopic (exact) mass is 644 g/mol. The second kappa shape index (κ2) is 12.8. The van der Waals surface area contributed by atoms with E-state index in [-0.39, 0.29) is 49.3 Å². The SMILES string of the molecule is Cc1ccccc1S(=O)(=O)NC(=O)N[C@@H](Cc1cccc(S(=O)(=O)N2CCOCC2)c1)C(=O)N(C)c1ccc2c(c1)OCO2. The molecule has 2 aliphatic rings. The normalized spacial score (nSPS) is 15.8. The van der Waals surface area contributed by atoms with E-state index in [1.807, 2.05) is 4.72 Å². The van der Waals surface area contributed by atoms with Gasteiger partial charge in [0.1, 0.15) is 6.04 Å². The molecule has 3 amide bonds. The second-order valence-electron chi connectivity index (χ2n) is 10.2. The standard InChI is InChI=1S/C29H32N4O9S2/c1-20-6-3-4-9-27(20)43(36,37)31-29(35)30-24(28(34)32(2)22-10-11-25-26(18-22)42-19-41-25)17-21-7-5-8-23(16-21)44(38,39)33-12-14-40-15-13-33/h3-11,16,18,24H,12-15,17,19H2,1-2H3,(H2,30,31,35)/t24-/m0/s1. The highest BCUT2D eigenvalue weighted by atomic mass is 32.2. The number of rotatable bonds is 9. The van der Waals surface area contributed by atoms with Crippen molar-refractivity contribution in [2.75, 3.05) is 45.0 Å². The molecule has 15 heteroatoms. The molecule has 2 aliphatic heterocycles. The van der Waals surface area contributed by atoms with Gasteiger partial charge in [0.25, 0.3) is 10.0 Å². The number of amides is 3. The Morgan fingerprint density at radius 3 is 2.41 bits per heavy atom. The van der Waals surface area contributed by atoms with Crippen molar-refractivity contribution in [1.82, 2.24) is 14.3 Å². The molecule has 3 aromatic carbocycles. The van der Waals surface area contributed by atoms with Crippen LogP contribution in [0.3, 0.4) is 0 Å². The lowest BCUT2D eigenvalue weighted by Gasteiger charge is -2.27. The number of hydrogen-bond donors (Lipinski definition) is 2. The quantitative estimate of drug-likeness (QED) is 0.355. The largest absolute Gasteiger partial charge is 0.454 e. The summed E-state index contributed by atoms with van der Waals surface area (Å²) in [5.41, 5.74) is 1.29. The molecule has 1 fully saturated rings. The number of nitrogens with zero attached hydrogens (tertiary/aromatic N) is 2. The van der Waals surface area contributed by atoms with Gasteiger partial charge in [-0.2, -0.15) is 4.31 Å². The number of ether oxygens (including phenoxy) is 3. The summed E-state index contributed by atoms with van der Waals surface area (Å²) in [6, 6.07) is 14.7. The molecule has 0 aromatic heterocycles. The average Bonchev–Trinajstić information content (AvgIpc) is 3.48. The lowest BCUT2D eigenvalue weighted by Crippen LogP contribution is -2.52. The Bertz CT molecular complexity index is 1770. The highest BCUT2D eigenvalue weighted by molar-refractivity contribution is 7.90. The first-order valence-electron chi connectivity index (χ1n) is 13.7. The van der Waals surface area contributed by atoms with Crippen LogP contribution in [0, 0.1) is 6.92 Å². The number of likely N-dealkylation sites (N-methyl/N-ethyl adjacent to an activating group) is 1. The molecule has 44 heavy (non-hydrogen) atoms. The fourth-order valence-electron chi connectivity index (χ4n) is 4.88. The van der Waals surface area contributed by atoms with Crippen LogP contribution in [0.2, 0.25) is 0 Å². The van der Waals surface area contributed by atoms with Gasteiger partial charge in [-0.05, 0) is 48.4 Å². The third-order valence-electron chi connectivity index (χ3n) is 7.23. The van der Waals surface area contributed by atoms with E-state index in [2.05, 4.69) is 5.32 Å². The number of benzene rings is 3. The van der Waals surface area contributed by atoms with Gasteiger partial charge in [0.15, 0.2) is 11.5 Å². The molecule has 0 saturated carbocycles.